The molecule has 4 rings (SSSR count). The third-order valence-electron chi connectivity index (χ3n) is 3.43. The lowest BCUT2D eigenvalue weighted by molar-refractivity contribution is 0.382. The Kier molecular flexibility index (Phi) is 3.08. The molecule has 0 unspecified atom stereocenters. The monoisotopic (exact) mass is 291 g/mol. The Morgan fingerprint density at radius 2 is 1.86 bits per heavy atom. The van der Waals surface area contributed by atoms with Gasteiger partial charge < -0.3 is 14.3 Å². The molecule has 0 aliphatic carbocycles. The average molecular weight is 291 g/mol. The molecule has 22 heavy (non-hydrogen) atoms. The van der Waals surface area contributed by atoms with Crippen LogP contribution in [-0.4, -0.2) is 10.1 Å². The van der Waals surface area contributed by atoms with Gasteiger partial charge in [0.05, 0.1) is 12.8 Å². The lowest BCUT2D eigenvalue weighted by atomic mass is 10.1. The number of benzene rings is 2. The molecule has 2 aromatic carbocycles. The number of nitrogens with one attached hydrogen (secondary N) is 1. The molecule has 0 spiro atoms. The van der Waals surface area contributed by atoms with Crippen molar-refractivity contribution >= 4 is 16.5 Å². The Balaban J connectivity index is 1.55. The number of fused-ring (bicyclic) bond motifs is 1. The molecule has 2 aromatic heterocycles. The van der Waals surface area contributed by atoms with E-state index < -0.39 is 0 Å². The van der Waals surface area contributed by atoms with Crippen LogP contribution in [0.1, 0.15) is 5.89 Å². The fraction of sp³-hybridized carbons (Fsp3) is 0.0588. The zero-order chi connectivity index (χ0) is 14.8. The van der Waals surface area contributed by atoms with E-state index in [0.29, 0.717) is 24.0 Å². The summed E-state index contributed by atoms with van der Waals surface area (Å²) in [7, 11) is 0. The number of nitrogens with zero attached hydrogens (tertiary/aromatic N) is 2. The van der Waals surface area contributed by atoms with Crippen LogP contribution in [0.15, 0.2) is 69.8 Å². The maximum Gasteiger partial charge on any atom is 0.246 e. The second kappa shape index (κ2) is 5.37. The van der Waals surface area contributed by atoms with E-state index in [9.17, 15) is 0 Å². The Bertz CT molecular complexity index is 892. The van der Waals surface area contributed by atoms with Crippen molar-refractivity contribution < 1.29 is 8.94 Å². The largest absolute Gasteiger partial charge is 0.461 e. The topological polar surface area (TPSA) is 64.1 Å². The lowest BCUT2D eigenvalue weighted by Crippen LogP contribution is -2.00. The normalized spacial score (nSPS) is 10.9. The number of rotatable bonds is 4. The van der Waals surface area contributed by atoms with E-state index >= 15 is 0 Å². The molecule has 2 heterocycles. The van der Waals surface area contributed by atoms with Gasteiger partial charge in [0, 0.05) is 11.1 Å². The van der Waals surface area contributed by atoms with E-state index in [1.165, 1.54) is 5.39 Å². The fourth-order valence-electron chi connectivity index (χ4n) is 2.38. The SMILES string of the molecule is c1coc(-c2noc(CNc3cccc4ccccc34)n2)c1. The predicted octanol–water partition coefficient (Wildman–Crippen LogP) is 4.09. The number of hydrogen-bond donors (Lipinski definition) is 1. The van der Waals surface area contributed by atoms with E-state index in [4.69, 9.17) is 8.94 Å². The summed E-state index contributed by atoms with van der Waals surface area (Å²) in [5, 5.41) is 9.60. The maximum atomic E-state index is 5.25. The second-order valence-corrected chi connectivity index (χ2v) is 4.87. The van der Waals surface area contributed by atoms with E-state index in [-0.39, 0.29) is 0 Å². The third-order valence-corrected chi connectivity index (χ3v) is 3.43. The van der Waals surface area contributed by atoms with Crippen molar-refractivity contribution in [2.24, 2.45) is 0 Å². The molecule has 5 heteroatoms. The standard InChI is InChI=1S/C17H13N3O2/c1-2-7-13-12(5-1)6-3-8-14(13)18-11-16-19-17(20-22-16)15-9-4-10-21-15/h1-10,18H,11H2. The Morgan fingerprint density at radius 1 is 0.955 bits per heavy atom. The van der Waals surface area contributed by atoms with Gasteiger partial charge in [-0.2, -0.15) is 4.98 Å². The van der Waals surface area contributed by atoms with E-state index in [1.807, 2.05) is 24.3 Å². The molecule has 1 N–H and O–H groups in total. The minimum absolute atomic E-state index is 0.458. The molecule has 4 aromatic rings. The minimum Gasteiger partial charge on any atom is -0.461 e. The summed E-state index contributed by atoms with van der Waals surface area (Å²) in [6.45, 7) is 0.460. The van der Waals surface area contributed by atoms with Crippen molar-refractivity contribution in [1.82, 2.24) is 10.1 Å². The number of hydrogen-bond acceptors (Lipinski definition) is 5. The highest BCUT2D eigenvalue weighted by Crippen LogP contribution is 2.23. The van der Waals surface area contributed by atoms with Gasteiger partial charge in [0.15, 0.2) is 5.76 Å². The van der Waals surface area contributed by atoms with Gasteiger partial charge in [-0.1, -0.05) is 41.6 Å². The summed E-state index contributed by atoms with van der Waals surface area (Å²) in [4.78, 5) is 4.31. The molecule has 0 aliphatic heterocycles. The van der Waals surface area contributed by atoms with Crippen LogP contribution in [0.5, 0.6) is 0 Å². The maximum absolute atomic E-state index is 5.25. The molecule has 0 bridgehead atoms. The first-order chi connectivity index (χ1) is 10.9. The highest BCUT2D eigenvalue weighted by atomic mass is 16.5. The molecule has 0 fully saturated rings. The van der Waals surface area contributed by atoms with Crippen LogP contribution < -0.4 is 5.32 Å². The molecule has 0 saturated carbocycles. The number of furan rings is 1. The third kappa shape index (κ3) is 2.33. The summed E-state index contributed by atoms with van der Waals surface area (Å²) in [5.41, 5.74) is 1.04. The zero-order valence-electron chi connectivity index (χ0n) is 11.7. The number of aromatic nitrogens is 2. The van der Waals surface area contributed by atoms with Gasteiger partial charge in [-0.3, -0.25) is 0 Å². The van der Waals surface area contributed by atoms with Gasteiger partial charge >= 0.3 is 0 Å². The minimum atomic E-state index is 0.458. The Hall–Kier alpha value is -3.08. The zero-order valence-corrected chi connectivity index (χ0v) is 11.7. The fourth-order valence-corrected chi connectivity index (χ4v) is 2.38. The summed E-state index contributed by atoms with van der Waals surface area (Å²) in [5.74, 6) is 1.57. The summed E-state index contributed by atoms with van der Waals surface area (Å²) in [6, 6.07) is 17.9. The van der Waals surface area contributed by atoms with Crippen molar-refractivity contribution in [2.45, 2.75) is 6.54 Å². The van der Waals surface area contributed by atoms with E-state index in [2.05, 4.69) is 33.7 Å². The van der Waals surface area contributed by atoms with Gasteiger partial charge in [-0.05, 0) is 23.6 Å². The summed E-state index contributed by atoms with van der Waals surface area (Å²) >= 11 is 0. The van der Waals surface area contributed by atoms with Crippen LogP contribution in [0.3, 0.4) is 0 Å². The molecule has 108 valence electrons. The van der Waals surface area contributed by atoms with Crippen LogP contribution in [0, 0.1) is 0 Å². The quantitative estimate of drug-likeness (QED) is 0.613. The van der Waals surface area contributed by atoms with E-state index in [0.717, 1.165) is 11.1 Å². The predicted molar refractivity (Wildman–Crippen MR) is 83.3 cm³/mol. The smallest absolute Gasteiger partial charge is 0.246 e. The van der Waals surface area contributed by atoms with Crippen molar-refractivity contribution in [2.75, 3.05) is 5.32 Å². The molecule has 0 saturated heterocycles. The van der Waals surface area contributed by atoms with Gasteiger partial charge in [0.1, 0.15) is 0 Å². The lowest BCUT2D eigenvalue weighted by Gasteiger charge is -2.07. The van der Waals surface area contributed by atoms with Crippen LogP contribution >= 0.6 is 0 Å². The van der Waals surface area contributed by atoms with Crippen LogP contribution in [0.2, 0.25) is 0 Å². The first-order valence-corrected chi connectivity index (χ1v) is 6.98. The molecule has 0 amide bonds. The van der Waals surface area contributed by atoms with Crippen molar-refractivity contribution in [1.29, 1.82) is 0 Å². The van der Waals surface area contributed by atoms with Gasteiger partial charge in [0.25, 0.3) is 0 Å². The van der Waals surface area contributed by atoms with Crippen LogP contribution in [0.25, 0.3) is 22.4 Å². The van der Waals surface area contributed by atoms with Gasteiger partial charge in [-0.25, -0.2) is 0 Å². The Labute approximate surface area is 126 Å². The highest BCUT2D eigenvalue weighted by Gasteiger charge is 2.10. The first-order valence-electron chi connectivity index (χ1n) is 6.98. The molecule has 5 nitrogen and oxygen atoms in total. The average Bonchev–Trinajstić information content (AvgIpc) is 3.24. The molecular formula is C17H13N3O2. The van der Waals surface area contributed by atoms with Crippen LogP contribution in [-0.2, 0) is 6.54 Å². The summed E-state index contributed by atoms with van der Waals surface area (Å²) < 4.78 is 10.5. The Morgan fingerprint density at radius 3 is 2.77 bits per heavy atom. The summed E-state index contributed by atoms with van der Waals surface area (Å²) in [6.07, 6.45) is 1.58. The van der Waals surface area contributed by atoms with Gasteiger partial charge in [0.2, 0.25) is 11.7 Å². The van der Waals surface area contributed by atoms with E-state index in [1.54, 1.807) is 18.4 Å². The molecule has 0 aliphatic rings. The number of anilines is 1. The second-order valence-electron chi connectivity index (χ2n) is 4.87. The first kappa shape index (κ1) is 12.6. The highest BCUT2D eigenvalue weighted by molar-refractivity contribution is 5.93. The molecular weight excluding hydrogens is 278 g/mol. The van der Waals surface area contributed by atoms with Gasteiger partial charge in [-0.15, -0.1) is 0 Å². The van der Waals surface area contributed by atoms with Crippen molar-refractivity contribution in [3.63, 3.8) is 0 Å². The van der Waals surface area contributed by atoms with Crippen molar-refractivity contribution in [3.8, 4) is 11.6 Å². The van der Waals surface area contributed by atoms with Crippen molar-refractivity contribution in [3.05, 3.63) is 66.8 Å². The molecule has 0 radical (unpaired) electrons. The molecule has 0 atom stereocenters. The van der Waals surface area contributed by atoms with Crippen LogP contribution in [0.4, 0.5) is 5.69 Å².